The average molecular weight is 173 g/mol. The van der Waals surface area contributed by atoms with Crippen molar-refractivity contribution >= 4 is 11.6 Å². The SMILES string of the molecule is C/C(Cl)=C\C1(C)C(C)CC1C. The van der Waals surface area contributed by atoms with Gasteiger partial charge in [0.1, 0.15) is 0 Å². The molecule has 0 amide bonds. The number of hydrogen-bond acceptors (Lipinski definition) is 0. The lowest BCUT2D eigenvalue weighted by molar-refractivity contribution is 0.0361. The van der Waals surface area contributed by atoms with Crippen LogP contribution in [0, 0.1) is 17.3 Å². The summed E-state index contributed by atoms with van der Waals surface area (Å²) in [5, 5.41) is 0.936. The van der Waals surface area contributed by atoms with E-state index >= 15 is 0 Å². The largest absolute Gasteiger partial charge is 0.0898 e. The molecule has 1 saturated carbocycles. The molecule has 0 aromatic carbocycles. The maximum Gasteiger partial charge on any atom is 0.0115 e. The van der Waals surface area contributed by atoms with Crippen LogP contribution in [0.3, 0.4) is 0 Å². The molecule has 0 N–H and O–H groups in total. The van der Waals surface area contributed by atoms with Crippen LogP contribution in [-0.2, 0) is 0 Å². The highest BCUT2D eigenvalue weighted by Gasteiger charge is 2.44. The third kappa shape index (κ3) is 1.46. The fourth-order valence-electron chi connectivity index (χ4n) is 2.08. The summed E-state index contributed by atoms with van der Waals surface area (Å²) in [5.41, 5.74) is 0.367. The number of allylic oxidation sites excluding steroid dienone is 2. The van der Waals surface area contributed by atoms with Gasteiger partial charge in [-0.25, -0.2) is 0 Å². The van der Waals surface area contributed by atoms with Crippen molar-refractivity contribution in [3.63, 3.8) is 0 Å². The third-order valence-electron chi connectivity index (χ3n) is 3.34. The van der Waals surface area contributed by atoms with E-state index in [1.165, 1.54) is 6.42 Å². The summed E-state index contributed by atoms with van der Waals surface area (Å²) in [4.78, 5) is 0. The van der Waals surface area contributed by atoms with Crippen LogP contribution in [0.15, 0.2) is 11.1 Å². The van der Waals surface area contributed by atoms with Gasteiger partial charge in [-0.3, -0.25) is 0 Å². The smallest absolute Gasteiger partial charge is 0.0115 e. The average Bonchev–Trinajstić information content (AvgIpc) is 1.87. The van der Waals surface area contributed by atoms with Crippen LogP contribution >= 0.6 is 11.6 Å². The number of halogens is 1. The molecule has 0 heterocycles. The molecule has 2 atom stereocenters. The molecule has 1 rings (SSSR count). The standard InChI is InChI=1S/C10H17Cl/c1-7-5-8(2)10(7,4)6-9(3)11/h6-8H,5H2,1-4H3/b9-6+. The molecular weight excluding hydrogens is 156 g/mol. The van der Waals surface area contributed by atoms with Gasteiger partial charge in [-0.05, 0) is 30.6 Å². The molecule has 0 aliphatic heterocycles. The van der Waals surface area contributed by atoms with Gasteiger partial charge >= 0.3 is 0 Å². The van der Waals surface area contributed by atoms with Gasteiger partial charge in [0.25, 0.3) is 0 Å². The minimum Gasteiger partial charge on any atom is -0.0898 e. The molecule has 0 spiro atoms. The molecule has 1 aliphatic rings. The predicted molar refractivity (Wildman–Crippen MR) is 50.7 cm³/mol. The second-order valence-electron chi connectivity index (χ2n) is 4.13. The molecular formula is C10H17Cl. The van der Waals surface area contributed by atoms with Crippen LogP contribution in [-0.4, -0.2) is 0 Å². The topological polar surface area (TPSA) is 0 Å². The Hall–Kier alpha value is 0.0300. The molecule has 1 heteroatoms. The maximum atomic E-state index is 5.87. The van der Waals surface area contributed by atoms with E-state index in [0.717, 1.165) is 16.9 Å². The summed E-state index contributed by atoms with van der Waals surface area (Å²) in [6.45, 7) is 8.87. The third-order valence-corrected chi connectivity index (χ3v) is 3.45. The fraction of sp³-hybridized carbons (Fsp3) is 0.800. The second-order valence-corrected chi connectivity index (χ2v) is 4.73. The van der Waals surface area contributed by atoms with Crippen molar-refractivity contribution in [2.45, 2.75) is 34.1 Å². The molecule has 0 aromatic rings. The number of hydrogen-bond donors (Lipinski definition) is 0. The fourth-order valence-corrected chi connectivity index (χ4v) is 2.31. The molecule has 0 saturated heterocycles. The van der Waals surface area contributed by atoms with E-state index in [2.05, 4.69) is 26.8 Å². The number of rotatable bonds is 1. The highest BCUT2D eigenvalue weighted by atomic mass is 35.5. The lowest BCUT2D eigenvalue weighted by Crippen LogP contribution is -2.42. The molecule has 1 fully saturated rings. The molecule has 2 unspecified atom stereocenters. The van der Waals surface area contributed by atoms with Crippen LogP contribution in [0.2, 0.25) is 0 Å². The lowest BCUT2D eigenvalue weighted by Gasteiger charge is -2.50. The van der Waals surface area contributed by atoms with Crippen molar-refractivity contribution in [3.05, 3.63) is 11.1 Å². The minimum absolute atomic E-state index is 0.367. The van der Waals surface area contributed by atoms with Crippen LogP contribution < -0.4 is 0 Å². The minimum atomic E-state index is 0.367. The van der Waals surface area contributed by atoms with Crippen molar-refractivity contribution in [2.24, 2.45) is 17.3 Å². The lowest BCUT2D eigenvalue weighted by atomic mass is 9.55. The Balaban J connectivity index is 2.74. The second kappa shape index (κ2) is 2.82. The van der Waals surface area contributed by atoms with Crippen LogP contribution in [0.25, 0.3) is 0 Å². The van der Waals surface area contributed by atoms with E-state index in [1.54, 1.807) is 0 Å². The summed E-state index contributed by atoms with van der Waals surface area (Å²) < 4.78 is 0. The molecule has 1 aliphatic carbocycles. The Kier molecular flexibility index (Phi) is 2.34. The zero-order chi connectivity index (χ0) is 8.65. The van der Waals surface area contributed by atoms with Gasteiger partial charge in [0.15, 0.2) is 0 Å². The van der Waals surface area contributed by atoms with E-state index in [0.29, 0.717) is 5.41 Å². The molecule has 11 heavy (non-hydrogen) atoms. The summed E-state index contributed by atoms with van der Waals surface area (Å²) >= 11 is 5.87. The van der Waals surface area contributed by atoms with Gasteiger partial charge in [0.05, 0.1) is 0 Å². The van der Waals surface area contributed by atoms with E-state index in [4.69, 9.17) is 11.6 Å². The van der Waals surface area contributed by atoms with Crippen molar-refractivity contribution in [1.29, 1.82) is 0 Å². The zero-order valence-electron chi connectivity index (χ0n) is 7.82. The highest BCUT2D eigenvalue weighted by Crippen LogP contribution is 2.52. The summed E-state index contributed by atoms with van der Waals surface area (Å²) in [5.74, 6) is 1.59. The maximum absolute atomic E-state index is 5.87. The molecule has 64 valence electrons. The normalized spacial score (nSPS) is 45.4. The first-order chi connectivity index (χ1) is 4.97. The van der Waals surface area contributed by atoms with Gasteiger partial charge in [-0.15, -0.1) is 0 Å². The Bertz CT molecular complexity index is 169. The quantitative estimate of drug-likeness (QED) is 0.564. The van der Waals surface area contributed by atoms with Crippen LogP contribution in [0.5, 0.6) is 0 Å². The van der Waals surface area contributed by atoms with Crippen molar-refractivity contribution < 1.29 is 0 Å². The summed E-state index contributed by atoms with van der Waals surface area (Å²) in [7, 11) is 0. The first kappa shape index (κ1) is 9.12. The Morgan fingerprint density at radius 1 is 1.45 bits per heavy atom. The van der Waals surface area contributed by atoms with Gasteiger partial charge in [0, 0.05) is 5.03 Å². The van der Waals surface area contributed by atoms with Gasteiger partial charge < -0.3 is 0 Å². The van der Waals surface area contributed by atoms with E-state index < -0.39 is 0 Å². The van der Waals surface area contributed by atoms with Crippen molar-refractivity contribution in [3.8, 4) is 0 Å². The van der Waals surface area contributed by atoms with Gasteiger partial charge in [-0.1, -0.05) is 38.4 Å². The van der Waals surface area contributed by atoms with Crippen LogP contribution in [0.4, 0.5) is 0 Å². The van der Waals surface area contributed by atoms with E-state index in [-0.39, 0.29) is 0 Å². The Morgan fingerprint density at radius 2 is 1.91 bits per heavy atom. The molecule has 0 radical (unpaired) electrons. The highest BCUT2D eigenvalue weighted by molar-refractivity contribution is 6.29. The van der Waals surface area contributed by atoms with Crippen molar-refractivity contribution in [1.82, 2.24) is 0 Å². The first-order valence-corrected chi connectivity index (χ1v) is 4.69. The first-order valence-electron chi connectivity index (χ1n) is 4.31. The van der Waals surface area contributed by atoms with E-state index in [1.807, 2.05) is 6.92 Å². The summed E-state index contributed by atoms with van der Waals surface area (Å²) in [6.07, 6.45) is 3.56. The molecule has 0 aromatic heterocycles. The molecule has 0 bridgehead atoms. The monoisotopic (exact) mass is 172 g/mol. The summed E-state index contributed by atoms with van der Waals surface area (Å²) in [6, 6.07) is 0. The Morgan fingerprint density at radius 3 is 2.09 bits per heavy atom. The zero-order valence-corrected chi connectivity index (χ0v) is 8.57. The van der Waals surface area contributed by atoms with Crippen molar-refractivity contribution in [2.75, 3.05) is 0 Å². The van der Waals surface area contributed by atoms with Crippen LogP contribution in [0.1, 0.15) is 34.1 Å². The predicted octanol–water partition coefficient (Wildman–Crippen LogP) is 3.81. The van der Waals surface area contributed by atoms with Gasteiger partial charge in [-0.2, -0.15) is 0 Å². The van der Waals surface area contributed by atoms with E-state index in [9.17, 15) is 0 Å². The Labute approximate surface area is 74.6 Å². The van der Waals surface area contributed by atoms with Gasteiger partial charge in [0.2, 0.25) is 0 Å². The molecule has 0 nitrogen and oxygen atoms in total.